The van der Waals surface area contributed by atoms with E-state index in [9.17, 15) is 22.8 Å². The second-order valence-corrected chi connectivity index (χ2v) is 6.89. The predicted molar refractivity (Wildman–Crippen MR) is 105 cm³/mol. The first-order valence-electron chi connectivity index (χ1n) is 8.82. The maximum Gasteiger partial charge on any atom is 0.262 e. The fourth-order valence-corrected chi connectivity index (χ4v) is 2.87. The van der Waals surface area contributed by atoms with E-state index >= 15 is 0 Å². The first-order valence-corrected chi connectivity index (χ1v) is 9.20. The summed E-state index contributed by atoms with van der Waals surface area (Å²) in [5.74, 6) is -3.64. The third-order valence-electron chi connectivity index (χ3n) is 4.30. The quantitative estimate of drug-likeness (QED) is 0.690. The highest BCUT2D eigenvalue weighted by molar-refractivity contribution is 6.30. The van der Waals surface area contributed by atoms with Crippen LogP contribution in [0.3, 0.4) is 0 Å². The van der Waals surface area contributed by atoms with Crippen LogP contribution < -0.4 is 15.4 Å². The van der Waals surface area contributed by atoms with Gasteiger partial charge in [0, 0.05) is 30.8 Å². The van der Waals surface area contributed by atoms with Crippen molar-refractivity contribution < 1.29 is 27.5 Å². The van der Waals surface area contributed by atoms with Crippen LogP contribution in [0.1, 0.15) is 16.8 Å². The van der Waals surface area contributed by atoms with Crippen LogP contribution in [-0.4, -0.2) is 36.5 Å². The molecule has 158 valence electrons. The molecule has 2 amide bonds. The molecule has 30 heavy (non-hydrogen) atoms. The van der Waals surface area contributed by atoms with Crippen molar-refractivity contribution in [2.45, 2.75) is 6.42 Å². The van der Waals surface area contributed by atoms with Gasteiger partial charge in [-0.1, -0.05) is 18.2 Å². The molecule has 10 heteroatoms. The summed E-state index contributed by atoms with van der Waals surface area (Å²) in [7, 11) is 0. The van der Waals surface area contributed by atoms with Crippen LogP contribution in [0.4, 0.5) is 18.9 Å². The van der Waals surface area contributed by atoms with Crippen LogP contribution in [0, 0.1) is 17.5 Å². The van der Waals surface area contributed by atoms with E-state index in [2.05, 4.69) is 17.2 Å². The topological polar surface area (TPSA) is 70.7 Å². The van der Waals surface area contributed by atoms with Gasteiger partial charge in [0.05, 0.1) is 22.9 Å². The van der Waals surface area contributed by atoms with Gasteiger partial charge in [0.2, 0.25) is 0 Å². The van der Waals surface area contributed by atoms with E-state index in [-0.39, 0.29) is 48.3 Å². The van der Waals surface area contributed by atoms with Gasteiger partial charge in [-0.25, -0.2) is 13.2 Å². The largest absolute Gasteiger partial charge is 0.484 e. The fourth-order valence-electron chi connectivity index (χ4n) is 2.75. The molecule has 0 fully saturated rings. The lowest BCUT2D eigenvalue weighted by molar-refractivity contribution is -0.122. The lowest BCUT2D eigenvalue weighted by atomic mass is 10.1. The fraction of sp³-hybridized carbons (Fsp3) is 0.200. The van der Waals surface area contributed by atoms with E-state index < -0.39 is 29.3 Å². The minimum absolute atomic E-state index is 0.0263. The average Bonchev–Trinajstić information content (AvgIpc) is 2.70. The molecule has 3 rings (SSSR count). The number of rotatable bonds is 7. The molecule has 1 aliphatic rings. The van der Waals surface area contributed by atoms with Crippen LogP contribution in [0.5, 0.6) is 5.75 Å². The van der Waals surface area contributed by atoms with Gasteiger partial charge in [0.1, 0.15) is 11.6 Å². The summed E-state index contributed by atoms with van der Waals surface area (Å²) in [5.41, 5.74) is 0.575. The minimum atomic E-state index is -1.11. The Balaban J connectivity index is 1.47. The third-order valence-corrected chi connectivity index (χ3v) is 4.61. The normalized spacial score (nSPS) is 12.8. The third kappa shape index (κ3) is 5.04. The number of anilines is 1. The smallest absolute Gasteiger partial charge is 0.262 e. The highest BCUT2D eigenvalue weighted by Gasteiger charge is 2.25. The second-order valence-electron chi connectivity index (χ2n) is 6.48. The van der Waals surface area contributed by atoms with E-state index in [4.69, 9.17) is 16.3 Å². The zero-order chi connectivity index (χ0) is 21.8. The molecule has 1 aliphatic heterocycles. The van der Waals surface area contributed by atoms with Gasteiger partial charge in [0.15, 0.2) is 18.2 Å². The number of carbonyl (C=O) groups is 2. The summed E-state index contributed by atoms with van der Waals surface area (Å²) in [6, 6.07) is 5.58. The van der Waals surface area contributed by atoms with E-state index in [0.717, 1.165) is 18.2 Å². The number of hydrogen-bond donors (Lipinski definition) is 2. The van der Waals surface area contributed by atoms with Crippen LogP contribution in [-0.2, 0) is 4.79 Å². The number of hydrogen-bond acceptors (Lipinski definition) is 4. The maximum atomic E-state index is 13.4. The number of benzene rings is 2. The lowest BCUT2D eigenvalue weighted by Crippen LogP contribution is -2.41. The summed E-state index contributed by atoms with van der Waals surface area (Å²) in [6.45, 7) is 3.64. The second kappa shape index (κ2) is 9.08. The minimum Gasteiger partial charge on any atom is -0.484 e. The van der Waals surface area contributed by atoms with Gasteiger partial charge < -0.3 is 20.3 Å². The Morgan fingerprint density at radius 2 is 1.93 bits per heavy atom. The van der Waals surface area contributed by atoms with Crippen molar-refractivity contribution in [1.29, 1.82) is 0 Å². The van der Waals surface area contributed by atoms with E-state index in [0.29, 0.717) is 5.70 Å². The van der Waals surface area contributed by atoms with Crippen molar-refractivity contribution in [3.8, 4) is 5.75 Å². The Hall–Kier alpha value is -3.20. The molecule has 0 spiro atoms. The molecule has 6 nitrogen and oxygen atoms in total. The Morgan fingerprint density at radius 1 is 1.20 bits per heavy atom. The molecule has 0 aliphatic carbocycles. The number of nitrogens with zero attached hydrogens (tertiary/aromatic N) is 1. The molecular formula is C20H17ClF3N3O3. The summed E-state index contributed by atoms with van der Waals surface area (Å²) < 4.78 is 45.3. The molecule has 0 saturated heterocycles. The van der Waals surface area contributed by atoms with Crippen LogP contribution in [0.2, 0.25) is 5.02 Å². The molecular weight excluding hydrogens is 423 g/mol. The van der Waals surface area contributed by atoms with Crippen LogP contribution in [0.25, 0.3) is 0 Å². The Labute approximate surface area is 175 Å². The monoisotopic (exact) mass is 439 g/mol. The number of halogens is 4. The van der Waals surface area contributed by atoms with Gasteiger partial charge in [-0.15, -0.1) is 0 Å². The van der Waals surface area contributed by atoms with Crippen molar-refractivity contribution in [2.24, 2.45) is 0 Å². The first-order chi connectivity index (χ1) is 14.2. The number of nitrogens with one attached hydrogen (secondary N) is 2. The van der Waals surface area contributed by atoms with E-state index in [1.807, 2.05) is 0 Å². The summed E-state index contributed by atoms with van der Waals surface area (Å²) in [4.78, 5) is 25.8. The Kier molecular flexibility index (Phi) is 6.51. The number of fused-ring (bicyclic) bond motifs is 1. The average molecular weight is 440 g/mol. The van der Waals surface area contributed by atoms with Gasteiger partial charge in [-0.05, 0) is 18.2 Å². The first kappa shape index (κ1) is 21.5. The highest BCUT2D eigenvalue weighted by Crippen LogP contribution is 2.25. The molecule has 0 bridgehead atoms. The molecule has 1 heterocycles. The molecule has 2 aromatic carbocycles. The molecule has 2 aromatic rings. The Morgan fingerprint density at radius 3 is 2.67 bits per heavy atom. The zero-order valence-corrected chi connectivity index (χ0v) is 16.4. The van der Waals surface area contributed by atoms with Crippen molar-refractivity contribution >= 4 is 29.1 Å². The van der Waals surface area contributed by atoms with Gasteiger partial charge in [-0.3, -0.25) is 9.59 Å². The molecule has 0 aromatic heterocycles. The van der Waals surface area contributed by atoms with Crippen LogP contribution in [0.15, 0.2) is 42.6 Å². The van der Waals surface area contributed by atoms with Crippen molar-refractivity contribution in [3.63, 3.8) is 0 Å². The van der Waals surface area contributed by atoms with Gasteiger partial charge in [-0.2, -0.15) is 0 Å². The standard InChI is InChI=1S/C20H17ClF3N3O3/c1-11(26-19(28)9-30-12-2-3-14(21)15(22)6-12)4-5-27-10-25-18-8-17(24)16(23)7-13(18)20(27)29/h2-3,6-8,25H,1,4-5,9-10H2,(H,26,28). The van der Waals surface area contributed by atoms with Crippen LogP contribution >= 0.6 is 11.6 Å². The van der Waals surface area contributed by atoms with E-state index in [1.165, 1.54) is 17.0 Å². The van der Waals surface area contributed by atoms with Crippen molar-refractivity contribution in [2.75, 3.05) is 25.1 Å². The van der Waals surface area contributed by atoms with Gasteiger partial charge in [0.25, 0.3) is 11.8 Å². The lowest BCUT2D eigenvalue weighted by Gasteiger charge is -2.30. The predicted octanol–water partition coefficient (Wildman–Crippen LogP) is 3.68. The number of ether oxygens (including phenoxy) is 1. The molecule has 0 radical (unpaired) electrons. The number of amides is 2. The van der Waals surface area contributed by atoms with Gasteiger partial charge >= 0.3 is 0 Å². The molecule has 2 N–H and O–H groups in total. The van der Waals surface area contributed by atoms with E-state index in [1.54, 1.807) is 0 Å². The molecule has 0 saturated carbocycles. The van der Waals surface area contributed by atoms with Crippen molar-refractivity contribution in [1.82, 2.24) is 10.2 Å². The summed E-state index contributed by atoms with van der Waals surface area (Å²) in [6.07, 6.45) is 0.230. The number of carbonyl (C=O) groups excluding carboxylic acids is 2. The summed E-state index contributed by atoms with van der Waals surface area (Å²) >= 11 is 5.57. The Bertz CT molecular complexity index is 1020. The molecule has 0 unspecified atom stereocenters. The maximum absolute atomic E-state index is 13.4. The van der Waals surface area contributed by atoms with Crippen molar-refractivity contribution in [3.05, 3.63) is 70.6 Å². The SMILES string of the molecule is C=C(CCN1CNc2cc(F)c(F)cc2C1=O)NC(=O)COc1ccc(Cl)c(F)c1. The zero-order valence-electron chi connectivity index (χ0n) is 15.6. The summed E-state index contributed by atoms with van der Waals surface area (Å²) in [5, 5.41) is 5.31. The molecule has 0 atom stereocenters. The highest BCUT2D eigenvalue weighted by atomic mass is 35.5.